The first-order valence-corrected chi connectivity index (χ1v) is 6.41. The van der Waals surface area contributed by atoms with Gasteiger partial charge in [0.1, 0.15) is 16.9 Å². The summed E-state index contributed by atoms with van der Waals surface area (Å²) in [6.45, 7) is 0.335. The smallest absolute Gasteiger partial charge is 0.300 e. The minimum absolute atomic E-state index is 0.0259. The van der Waals surface area contributed by atoms with Crippen LogP contribution in [0.3, 0.4) is 0 Å². The Bertz CT molecular complexity index is 685. The molecule has 0 spiro atoms. The molecule has 1 N–H and O–H groups in total. The first-order chi connectivity index (χ1) is 9.97. The average Bonchev–Trinajstić information content (AvgIpc) is 2.84. The van der Waals surface area contributed by atoms with Crippen LogP contribution < -0.4 is 5.32 Å². The van der Waals surface area contributed by atoms with Crippen molar-refractivity contribution in [3.05, 3.63) is 51.1 Å². The van der Waals surface area contributed by atoms with E-state index in [2.05, 4.69) is 15.4 Å². The number of pyridine rings is 1. The van der Waals surface area contributed by atoms with Gasteiger partial charge in [0.05, 0.1) is 11.1 Å². The van der Waals surface area contributed by atoms with Gasteiger partial charge in [0.2, 0.25) is 0 Å². The summed E-state index contributed by atoms with van der Waals surface area (Å²) in [6, 6.07) is 1.18. The summed E-state index contributed by atoms with van der Waals surface area (Å²) in [4.78, 5) is 25.8. The minimum atomic E-state index is -0.667. The quantitative estimate of drug-likeness (QED) is 0.510. The second kappa shape index (κ2) is 6.31. The highest BCUT2D eigenvalue weighted by Gasteiger charge is 2.21. The van der Waals surface area contributed by atoms with Crippen molar-refractivity contribution in [2.24, 2.45) is 7.05 Å². The molecule has 2 aromatic rings. The molecule has 0 aliphatic rings. The van der Waals surface area contributed by atoms with Crippen molar-refractivity contribution in [2.45, 2.75) is 6.42 Å². The van der Waals surface area contributed by atoms with Gasteiger partial charge in [0.25, 0.3) is 11.6 Å². The van der Waals surface area contributed by atoms with Crippen molar-refractivity contribution in [3.8, 4) is 0 Å². The summed E-state index contributed by atoms with van der Waals surface area (Å²) >= 11 is 5.67. The number of rotatable bonds is 5. The molecule has 2 aromatic heterocycles. The Kier molecular flexibility index (Phi) is 4.49. The predicted molar refractivity (Wildman–Crippen MR) is 75.1 cm³/mol. The number of nitro groups is 1. The fraction of sp³-hybridized carbons (Fsp3) is 0.250. The Labute approximate surface area is 124 Å². The van der Waals surface area contributed by atoms with Crippen molar-refractivity contribution in [1.82, 2.24) is 20.1 Å². The van der Waals surface area contributed by atoms with Gasteiger partial charge in [-0.05, 0) is 18.1 Å². The molecular weight excluding hydrogens is 298 g/mol. The van der Waals surface area contributed by atoms with E-state index in [0.29, 0.717) is 13.0 Å². The second-order valence-electron chi connectivity index (χ2n) is 4.31. The molecule has 0 saturated heterocycles. The molecule has 8 nitrogen and oxygen atoms in total. The molecule has 2 rings (SSSR count). The molecular formula is C12H12ClN5O3. The van der Waals surface area contributed by atoms with Crippen LogP contribution in [0.15, 0.2) is 24.7 Å². The van der Waals surface area contributed by atoms with Crippen LogP contribution in [-0.4, -0.2) is 32.1 Å². The van der Waals surface area contributed by atoms with Crippen LogP contribution in [0.25, 0.3) is 0 Å². The van der Waals surface area contributed by atoms with Crippen molar-refractivity contribution < 1.29 is 9.72 Å². The SMILES string of the molecule is Cn1cc(CCNC(=O)c2cc(Cl)ncc2[N+](=O)[O-])cn1. The van der Waals surface area contributed by atoms with Gasteiger partial charge in [-0.15, -0.1) is 0 Å². The molecule has 0 saturated carbocycles. The van der Waals surface area contributed by atoms with E-state index in [-0.39, 0.29) is 16.4 Å². The van der Waals surface area contributed by atoms with E-state index < -0.39 is 10.8 Å². The van der Waals surface area contributed by atoms with Crippen LogP contribution in [-0.2, 0) is 13.5 Å². The molecule has 9 heteroatoms. The normalized spacial score (nSPS) is 10.4. The van der Waals surface area contributed by atoms with Crippen molar-refractivity contribution in [3.63, 3.8) is 0 Å². The van der Waals surface area contributed by atoms with E-state index in [1.165, 1.54) is 6.07 Å². The number of carbonyl (C=O) groups excluding carboxylic acids is 1. The molecule has 0 bridgehead atoms. The second-order valence-corrected chi connectivity index (χ2v) is 4.70. The number of amides is 1. The van der Waals surface area contributed by atoms with E-state index in [0.717, 1.165) is 11.8 Å². The molecule has 0 aliphatic carbocycles. The molecule has 1 amide bonds. The molecule has 0 atom stereocenters. The lowest BCUT2D eigenvalue weighted by Gasteiger charge is -2.05. The number of hydrogen-bond donors (Lipinski definition) is 1. The van der Waals surface area contributed by atoms with Gasteiger partial charge in [-0.2, -0.15) is 5.10 Å². The Hall–Kier alpha value is -2.48. The van der Waals surface area contributed by atoms with Gasteiger partial charge in [0.15, 0.2) is 0 Å². The molecule has 0 unspecified atom stereocenters. The summed E-state index contributed by atoms with van der Waals surface area (Å²) in [5.41, 5.74) is 0.476. The Morgan fingerprint density at radius 3 is 2.90 bits per heavy atom. The Morgan fingerprint density at radius 2 is 2.29 bits per heavy atom. The van der Waals surface area contributed by atoms with Gasteiger partial charge < -0.3 is 5.32 Å². The van der Waals surface area contributed by atoms with Crippen molar-refractivity contribution >= 4 is 23.2 Å². The highest BCUT2D eigenvalue weighted by molar-refractivity contribution is 6.29. The number of aryl methyl sites for hydroxylation is 1. The molecule has 0 aromatic carbocycles. The monoisotopic (exact) mass is 309 g/mol. The number of hydrogen-bond acceptors (Lipinski definition) is 5. The molecule has 2 heterocycles. The zero-order valence-electron chi connectivity index (χ0n) is 11.1. The molecule has 0 radical (unpaired) electrons. The number of carbonyl (C=O) groups is 1. The van der Waals surface area contributed by atoms with Gasteiger partial charge >= 0.3 is 0 Å². The summed E-state index contributed by atoms with van der Waals surface area (Å²) in [5.74, 6) is -0.560. The van der Waals surface area contributed by atoms with Crippen LogP contribution >= 0.6 is 11.6 Å². The van der Waals surface area contributed by atoms with E-state index in [1.54, 1.807) is 17.9 Å². The third-order valence-corrected chi connectivity index (χ3v) is 2.96. The van der Waals surface area contributed by atoms with E-state index in [1.807, 2.05) is 6.20 Å². The maximum absolute atomic E-state index is 12.0. The number of halogens is 1. The van der Waals surface area contributed by atoms with Gasteiger partial charge in [-0.1, -0.05) is 11.6 Å². The minimum Gasteiger partial charge on any atom is -0.351 e. The highest BCUT2D eigenvalue weighted by Crippen LogP contribution is 2.20. The first-order valence-electron chi connectivity index (χ1n) is 6.03. The zero-order chi connectivity index (χ0) is 15.4. The first kappa shape index (κ1) is 14.9. The average molecular weight is 310 g/mol. The van der Waals surface area contributed by atoms with Gasteiger partial charge in [-0.25, -0.2) is 4.98 Å². The van der Waals surface area contributed by atoms with Gasteiger partial charge in [-0.3, -0.25) is 19.6 Å². The number of nitrogens with zero attached hydrogens (tertiary/aromatic N) is 4. The van der Waals surface area contributed by atoms with Crippen molar-refractivity contribution in [2.75, 3.05) is 6.54 Å². The third kappa shape index (κ3) is 3.76. The van der Waals surface area contributed by atoms with Crippen molar-refractivity contribution in [1.29, 1.82) is 0 Å². The number of nitrogens with one attached hydrogen (secondary N) is 1. The fourth-order valence-corrected chi connectivity index (χ4v) is 1.92. The molecule has 21 heavy (non-hydrogen) atoms. The zero-order valence-corrected chi connectivity index (χ0v) is 11.9. The Balaban J connectivity index is 2.03. The topological polar surface area (TPSA) is 103 Å². The lowest BCUT2D eigenvalue weighted by molar-refractivity contribution is -0.385. The van der Waals surface area contributed by atoms with E-state index in [9.17, 15) is 14.9 Å². The standard InChI is InChI=1S/C12H12ClN5O3/c1-17-7-8(5-16-17)2-3-14-12(19)9-4-11(13)15-6-10(9)18(20)21/h4-7H,2-3H2,1H3,(H,14,19). The lowest BCUT2D eigenvalue weighted by Crippen LogP contribution is -2.26. The van der Waals surface area contributed by atoms with Gasteiger partial charge in [0, 0.05) is 19.8 Å². The summed E-state index contributed by atoms with van der Waals surface area (Å²) in [5, 5.41) is 17.5. The van der Waals surface area contributed by atoms with Crippen LogP contribution in [0.4, 0.5) is 5.69 Å². The Morgan fingerprint density at radius 1 is 1.52 bits per heavy atom. The van der Waals surface area contributed by atoms with Crippen LogP contribution in [0.5, 0.6) is 0 Å². The molecule has 0 aliphatic heterocycles. The predicted octanol–water partition coefficient (Wildman–Crippen LogP) is 1.35. The maximum atomic E-state index is 12.0. The van der Waals surface area contributed by atoms with Crippen LogP contribution in [0.1, 0.15) is 15.9 Å². The summed E-state index contributed by atoms with van der Waals surface area (Å²) in [7, 11) is 1.80. The van der Waals surface area contributed by atoms with E-state index in [4.69, 9.17) is 11.6 Å². The molecule has 0 fully saturated rings. The lowest BCUT2D eigenvalue weighted by atomic mass is 10.2. The molecule has 110 valence electrons. The van der Waals surface area contributed by atoms with Crippen LogP contribution in [0.2, 0.25) is 5.15 Å². The largest absolute Gasteiger partial charge is 0.351 e. The maximum Gasteiger partial charge on any atom is 0.300 e. The highest BCUT2D eigenvalue weighted by atomic mass is 35.5. The fourth-order valence-electron chi connectivity index (χ4n) is 1.77. The number of aromatic nitrogens is 3. The third-order valence-electron chi connectivity index (χ3n) is 2.75. The summed E-state index contributed by atoms with van der Waals surface area (Å²) < 4.78 is 1.66. The van der Waals surface area contributed by atoms with Crippen LogP contribution in [0, 0.1) is 10.1 Å². The summed E-state index contributed by atoms with van der Waals surface area (Å²) in [6.07, 6.45) is 5.07. The van der Waals surface area contributed by atoms with E-state index >= 15 is 0 Å².